The summed E-state index contributed by atoms with van der Waals surface area (Å²) in [5, 5.41) is 9.95. The molecule has 5 aromatic heterocycles. The summed E-state index contributed by atoms with van der Waals surface area (Å²) in [7, 11) is 0. The van der Waals surface area contributed by atoms with Crippen LogP contribution in [0.15, 0.2) is 138 Å². The van der Waals surface area contributed by atoms with Crippen molar-refractivity contribution < 1.29 is 65.5 Å². The van der Waals surface area contributed by atoms with Crippen LogP contribution in [0.5, 0.6) is 46.3 Å². The molecule has 0 saturated heterocycles. The standard InChI is InChI=1S/C60H34B2N6O5.2Pt/c1-33-55(37-13-7-5-8-14-37)35(3)67(65-33)42-28-46-59(63-30-42)72-52-19-11-17-50-57(52)61(46)44-25-39(21-23-48(44)70-50)41-27-54(69-32-41)40-22-24-49-45(26-40)62-47-29-43(31-64-60(47)73-53-20-12-18-51(71-49)58(53)62)68-36(4)56(34(2)66-68)38-15-9-6-10-16-38;;/h5-24,30-31H,1-4H3;;/q-6;;. The van der Waals surface area contributed by atoms with E-state index in [0.717, 1.165) is 77.8 Å². The Morgan fingerprint density at radius 1 is 0.440 bits per heavy atom. The van der Waals surface area contributed by atoms with Crippen LogP contribution in [0.2, 0.25) is 0 Å². The van der Waals surface area contributed by atoms with Gasteiger partial charge in [-0.25, -0.2) is 12.1 Å². The summed E-state index contributed by atoms with van der Waals surface area (Å²) < 4.78 is 36.1. The summed E-state index contributed by atoms with van der Waals surface area (Å²) >= 11 is 0. The van der Waals surface area contributed by atoms with E-state index in [2.05, 4.69) is 74.7 Å². The number of rotatable bonds is 6. The van der Waals surface area contributed by atoms with Crippen LogP contribution in [0.25, 0.3) is 56.1 Å². The minimum Gasteiger partial charge on any atom is -0.631 e. The summed E-state index contributed by atoms with van der Waals surface area (Å²) in [6.45, 7) is 7.45. The van der Waals surface area contributed by atoms with Gasteiger partial charge in [0.2, 0.25) is 13.4 Å². The molecule has 9 heterocycles. The van der Waals surface area contributed by atoms with E-state index >= 15 is 0 Å². The Hall–Kier alpha value is -7.97. The second-order valence-electron chi connectivity index (χ2n) is 18.6. The van der Waals surface area contributed by atoms with Crippen LogP contribution in [0.4, 0.5) is 0 Å². The molecule has 15 rings (SSSR count). The van der Waals surface area contributed by atoms with Crippen LogP contribution in [0, 0.1) is 64.3 Å². The van der Waals surface area contributed by atoms with E-state index in [9.17, 15) is 0 Å². The number of ether oxygens (including phenoxy) is 4. The van der Waals surface area contributed by atoms with Gasteiger partial charge in [-0.15, -0.1) is 57.9 Å². The van der Waals surface area contributed by atoms with Gasteiger partial charge in [0.1, 0.15) is 23.0 Å². The van der Waals surface area contributed by atoms with Crippen molar-refractivity contribution in [1.29, 1.82) is 0 Å². The quantitative estimate of drug-likeness (QED) is 0.120. The molecular weight excluding hydrogens is 1300 g/mol. The molecule has 4 aliphatic heterocycles. The molecule has 11 aromatic rings. The largest absolute Gasteiger partial charge is 0.631 e. The fourth-order valence-corrected chi connectivity index (χ4v) is 11.1. The number of aromatic nitrogens is 6. The smallest absolute Gasteiger partial charge is 0.215 e. The second-order valence-corrected chi connectivity index (χ2v) is 18.6. The fourth-order valence-electron chi connectivity index (χ4n) is 11.1. The monoisotopic (exact) mass is 1330 g/mol. The minimum atomic E-state index is -0.377. The molecule has 0 fully saturated rings. The number of benzene rings is 6. The summed E-state index contributed by atoms with van der Waals surface area (Å²) in [5.74, 6) is 5.40. The van der Waals surface area contributed by atoms with Gasteiger partial charge < -0.3 is 50.5 Å². The van der Waals surface area contributed by atoms with Crippen LogP contribution < -0.4 is 51.7 Å². The van der Waals surface area contributed by atoms with Crippen molar-refractivity contribution in [3.8, 4) is 102 Å². The zero-order valence-electron chi connectivity index (χ0n) is 40.2. The molecule has 15 heteroatoms. The van der Waals surface area contributed by atoms with E-state index in [1.54, 1.807) is 12.4 Å². The van der Waals surface area contributed by atoms with Crippen LogP contribution in [0.3, 0.4) is 0 Å². The van der Waals surface area contributed by atoms with Gasteiger partial charge in [0, 0.05) is 87.1 Å². The molecule has 4 aliphatic rings. The molecule has 6 aromatic carbocycles. The topological polar surface area (TPSA) is 111 Å². The number of pyridine rings is 2. The Balaban J connectivity index is 0.00000270. The first-order valence-corrected chi connectivity index (χ1v) is 23.9. The first-order valence-electron chi connectivity index (χ1n) is 23.9. The average Bonchev–Trinajstić information content (AvgIpc) is 4.13. The third-order valence-electron chi connectivity index (χ3n) is 14.3. The Morgan fingerprint density at radius 2 is 0.893 bits per heavy atom. The number of aryl methyl sites for hydroxylation is 2. The maximum absolute atomic E-state index is 6.56. The predicted molar refractivity (Wildman–Crippen MR) is 278 cm³/mol. The van der Waals surface area contributed by atoms with Crippen LogP contribution in [-0.4, -0.2) is 43.0 Å². The minimum absolute atomic E-state index is 0. The molecule has 0 saturated carbocycles. The van der Waals surface area contributed by atoms with Gasteiger partial charge in [-0.3, -0.25) is 9.36 Å². The predicted octanol–water partition coefficient (Wildman–Crippen LogP) is 8.59. The van der Waals surface area contributed by atoms with Crippen molar-refractivity contribution >= 4 is 46.2 Å². The third kappa shape index (κ3) is 7.26. The molecule has 0 amide bonds. The maximum Gasteiger partial charge on any atom is 0.215 e. The maximum atomic E-state index is 6.56. The Labute approximate surface area is 461 Å². The van der Waals surface area contributed by atoms with Gasteiger partial charge in [-0.2, -0.15) is 22.3 Å². The summed E-state index contributed by atoms with van der Waals surface area (Å²) in [5.41, 5.74) is 16.3. The van der Waals surface area contributed by atoms with Gasteiger partial charge >= 0.3 is 0 Å². The SMILES string of the molecule is Cc1nn(-c2[c-]c3c(nc2)Oc2cccc4c2B3c2[c-]c(-c3[c-]oc(-c5[c-]c6c(cc5)Oc5cccc7c5B6c5[c-]c(-n6nc(C)c(-c8ccccc8)c6C)cnc5O7)[c-]3)ccc2O4)c(C)c1-c1ccccc1.[Pt].[Pt]. The van der Waals surface area contributed by atoms with Gasteiger partial charge in [0.05, 0.1) is 23.1 Å². The first kappa shape index (κ1) is 46.8. The van der Waals surface area contributed by atoms with Gasteiger partial charge in [0.25, 0.3) is 0 Å². The zero-order valence-corrected chi connectivity index (χ0v) is 44.8. The number of hydrogen-bond donors (Lipinski definition) is 0. The Morgan fingerprint density at radius 3 is 1.39 bits per heavy atom. The average molecular weight is 1330 g/mol. The van der Waals surface area contributed by atoms with E-state index < -0.39 is 0 Å². The summed E-state index contributed by atoms with van der Waals surface area (Å²) in [6, 6.07) is 58.2. The molecule has 0 aliphatic carbocycles. The first-order chi connectivity index (χ1) is 35.8. The molecule has 0 atom stereocenters. The van der Waals surface area contributed by atoms with E-state index in [-0.39, 0.29) is 55.6 Å². The van der Waals surface area contributed by atoms with Gasteiger partial charge in [0.15, 0.2) is 0 Å². The summed E-state index contributed by atoms with van der Waals surface area (Å²) in [6.07, 6.45) is 6.65. The van der Waals surface area contributed by atoms with E-state index in [1.807, 2.05) is 120 Å². The van der Waals surface area contributed by atoms with E-state index in [1.165, 1.54) is 0 Å². The molecule has 0 unspecified atom stereocenters. The van der Waals surface area contributed by atoms with E-state index in [4.69, 9.17) is 43.5 Å². The Kier molecular flexibility index (Phi) is 11.1. The second kappa shape index (κ2) is 17.9. The van der Waals surface area contributed by atoms with Crippen molar-refractivity contribution in [2.45, 2.75) is 27.7 Å². The molecule has 75 heavy (non-hydrogen) atoms. The van der Waals surface area contributed by atoms with Crippen molar-refractivity contribution in [3.63, 3.8) is 0 Å². The fraction of sp³-hybridized carbons (Fsp3) is 0.0667. The normalized spacial score (nSPS) is 12.7. The number of furan rings is 1. The van der Waals surface area contributed by atoms with Crippen molar-refractivity contribution in [2.75, 3.05) is 0 Å². The number of nitrogens with zero attached hydrogens (tertiary/aromatic N) is 6. The van der Waals surface area contributed by atoms with Crippen LogP contribution >= 0.6 is 0 Å². The number of hydrogen-bond acceptors (Lipinski definition) is 9. The van der Waals surface area contributed by atoms with Crippen molar-refractivity contribution in [2.24, 2.45) is 0 Å². The van der Waals surface area contributed by atoms with E-state index in [0.29, 0.717) is 80.1 Å². The van der Waals surface area contributed by atoms with Gasteiger partial charge in [-0.05, 0) is 74.5 Å². The van der Waals surface area contributed by atoms with Crippen molar-refractivity contribution in [3.05, 3.63) is 193 Å². The molecular formula is C60H34B2N6O5Pt2-6. The van der Waals surface area contributed by atoms with Crippen molar-refractivity contribution in [1.82, 2.24) is 29.5 Å². The van der Waals surface area contributed by atoms with Crippen LogP contribution in [-0.2, 0) is 42.1 Å². The summed E-state index contributed by atoms with van der Waals surface area (Å²) in [4.78, 5) is 9.75. The molecule has 11 nitrogen and oxygen atoms in total. The zero-order chi connectivity index (χ0) is 48.6. The molecule has 0 spiro atoms. The van der Waals surface area contributed by atoms with Gasteiger partial charge in [-0.1, -0.05) is 91.0 Å². The number of fused-ring (bicyclic) bond motifs is 8. The molecule has 366 valence electrons. The Bertz CT molecular complexity index is 3850. The molecule has 0 bridgehead atoms. The van der Waals surface area contributed by atoms with Crippen LogP contribution in [0.1, 0.15) is 22.8 Å². The molecule has 0 radical (unpaired) electrons. The molecule has 0 N–H and O–H groups in total. The third-order valence-corrected chi connectivity index (χ3v) is 14.3.